The number of hydrogen-bond acceptors (Lipinski definition) is 1. The molecule has 0 fully saturated rings. The Morgan fingerprint density at radius 3 is 3.00 bits per heavy atom. The van der Waals surface area contributed by atoms with Gasteiger partial charge in [0.05, 0.1) is 11.2 Å². The highest BCUT2D eigenvalue weighted by molar-refractivity contribution is 5.67. The number of pyridine rings is 1. The molecule has 0 saturated carbocycles. The molecule has 2 rings (SSSR count). The highest BCUT2D eigenvalue weighted by atomic mass is 14.9. The van der Waals surface area contributed by atoms with Gasteiger partial charge in [-0.1, -0.05) is 13.0 Å². The van der Waals surface area contributed by atoms with Gasteiger partial charge in [0.2, 0.25) is 0 Å². The van der Waals surface area contributed by atoms with E-state index in [-0.39, 0.29) is 0 Å². The minimum Gasteiger partial charge on any atom is -0.397 e. The first-order chi connectivity index (χ1) is 5.83. The number of anilines is 1. The largest absolute Gasteiger partial charge is 0.397 e. The van der Waals surface area contributed by atoms with E-state index in [9.17, 15) is 0 Å². The van der Waals surface area contributed by atoms with Crippen LogP contribution in [-0.4, -0.2) is 4.40 Å². The highest BCUT2D eigenvalue weighted by Crippen LogP contribution is 2.20. The smallest absolute Gasteiger partial charge is 0.0536 e. The maximum atomic E-state index is 5.84. The molecule has 0 aromatic carbocycles. The first-order valence-electron chi connectivity index (χ1n) is 4.17. The monoisotopic (exact) mass is 160 g/mol. The Hall–Kier alpha value is -1.44. The van der Waals surface area contributed by atoms with Crippen LogP contribution in [0, 0.1) is 0 Å². The summed E-state index contributed by atoms with van der Waals surface area (Å²) in [5.41, 5.74) is 9.20. The van der Waals surface area contributed by atoms with E-state index in [1.807, 2.05) is 24.5 Å². The summed E-state index contributed by atoms with van der Waals surface area (Å²) in [7, 11) is 0. The number of hydrogen-bond donors (Lipinski definition) is 1. The molecule has 2 aromatic heterocycles. The van der Waals surface area contributed by atoms with Crippen molar-refractivity contribution in [3.05, 3.63) is 36.2 Å². The third-order valence-corrected chi connectivity index (χ3v) is 2.18. The van der Waals surface area contributed by atoms with E-state index in [1.165, 1.54) is 11.1 Å². The molecule has 0 bridgehead atoms. The fourth-order valence-electron chi connectivity index (χ4n) is 1.59. The minimum atomic E-state index is 0.892. The van der Waals surface area contributed by atoms with Gasteiger partial charge in [0.25, 0.3) is 0 Å². The van der Waals surface area contributed by atoms with Crippen molar-refractivity contribution >= 4 is 11.2 Å². The Labute approximate surface area is 71.6 Å². The van der Waals surface area contributed by atoms with Crippen LogP contribution in [0.3, 0.4) is 0 Å². The predicted molar refractivity (Wildman–Crippen MR) is 51.2 cm³/mol. The fraction of sp³-hybridized carbons (Fsp3) is 0.200. The second kappa shape index (κ2) is 2.55. The van der Waals surface area contributed by atoms with E-state index >= 15 is 0 Å². The Bertz CT molecular complexity index is 401. The summed E-state index contributed by atoms with van der Waals surface area (Å²) < 4.78 is 2.06. The molecule has 0 spiro atoms. The van der Waals surface area contributed by atoms with Crippen LogP contribution in [0.4, 0.5) is 5.69 Å². The van der Waals surface area contributed by atoms with Gasteiger partial charge in [0.15, 0.2) is 0 Å². The summed E-state index contributed by atoms with van der Waals surface area (Å²) in [6.07, 6.45) is 4.98. The van der Waals surface area contributed by atoms with E-state index < -0.39 is 0 Å². The number of nitrogens with two attached hydrogens (primary N) is 1. The van der Waals surface area contributed by atoms with Gasteiger partial charge in [0.1, 0.15) is 0 Å². The quantitative estimate of drug-likeness (QED) is 0.680. The van der Waals surface area contributed by atoms with Gasteiger partial charge in [-0.3, -0.25) is 0 Å². The Kier molecular flexibility index (Phi) is 1.54. The molecule has 62 valence electrons. The van der Waals surface area contributed by atoms with Gasteiger partial charge in [-0.25, -0.2) is 0 Å². The first-order valence-corrected chi connectivity index (χ1v) is 4.17. The molecule has 0 aliphatic rings. The maximum absolute atomic E-state index is 5.84. The van der Waals surface area contributed by atoms with Crippen molar-refractivity contribution < 1.29 is 0 Å². The van der Waals surface area contributed by atoms with Crippen LogP contribution in [0.5, 0.6) is 0 Å². The molecular weight excluding hydrogens is 148 g/mol. The van der Waals surface area contributed by atoms with Crippen LogP contribution in [0.2, 0.25) is 0 Å². The number of rotatable bonds is 1. The van der Waals surface area contributed by atoms with Crippen LogP contribution in [0.25, 0.3) is 5.52 Å². The lowest BCUT2D eigenvalue weighted by Gasteiger charge is -1.95. The molecule has 0 radical (unpaired) electrons. The fourth-order valence-corrected chi connectivity index (χ4v) is 1.59. The summed E-state index contributed by atoms with van der Waals surface area (Å²) in [6, 6.07) is 6.13. The predicted octanol–water partition coefficient (Wildman–Crippen LogP) is 2.08. The number of nitrogen functional groups attached to an aromatic ring is 1. The molecule has 2 N–H and O–H groups in total. The zero-order chi connectivity index (χ0) is 8.55. The van der Waals surface area contributed by atoms with Gasteiger partial charge < -0.3 is 10.1 Å². The molecule has 0 unspecified atom stereocenters. The molecule has 12 heavy (non-hydrogen) atoms. The normalized spacial score (nSPS) is 10.8. The third-order valence-electron chi connectivity index (χ3n) is 2.18. The average molecular weight is 160 g/mol. The van der Waals surface area contributed by atoms with Crippen molar-refractivity contribution in [1.29, 1.82) is 0 Å². The molecule has 2 aromatic rings. The Balaban J connectivity index is 2.81. The Morgan fingerprint density at radius 2 is 2.25 bits per heavy atom. The molecular formula is C10H12N2. The molecule has 0 aliphatic carbocycles. The number of aryl methyl sites for hydroxylation is 1. The van der Waals surface area contributed by atoms with Crippen molar-refractivity contribution in [3.63, 3.8) is 0 Å². The number of fused-ring (bicyclic) bond motifs is 1. The van der Waals surface area contributed by atoms with Gasteiger partial charge >= 0.3 is 0 Å². The molecule has 2 nitrogen and oxygen atoms in total. The first kappa shape index (κ1) is 7.22. The van der Waals surface area contributed by atoms with Crippen molar-refractivity contribution in [1.82, 2.24) is 4.40 Å². The molecule has 2 heteroatoms. The van der Waals surface area contributed by atoms with Gasteiger partial charge in [-0.15, -0.1) is 0 Å². The lowest BCUT2D eigenvalue weighted by Crippen LogP contribution is -1.86. The third kappa shape index (κ3) is 0.881. The van der Waals surface area contributed by atoms with Gasteiger partial charge in [-0.05, 0) is 18.6 Å². The van der Waals surface area contributed by atoms with E-state index in [4.69, 9.17) is 5.73 Å². The molecule has 0 atom stereocenters. The van der Waals surface area contributed by atoms with E-state index in [0.717, 1.165) is 12.1 Å². The maximum Gasteiger partial charge on any atom is 0.0536 e. The second-order valence-corrected chi connectivity index (χ2v) is 2.91. The van der Waals surface area contributed by atoms with Crippen LogP contribution < -0.4 is 5.73 Å². The Morgan fingerprint density at radius 1 is 1.42 bits per heavy atom. The topological polar surface area (TPSA) is 30.4 Å². The van der Waals surface area contributed by atoms with Crippen LogP contribution in [-0.2, 0) is 6.42 Å². The molecule has 0 saturated heterocycles. The summed E-state index contributed by atoms with van der Waals surface area (Å²) in [6.45, 7) is 2.12. The zero-order valence-corrected chi connectivity index (χ0v) is 7.12. The average Bonchev–Trinajstić information content (AvgIpc) is 2.40. The zero-order valence-electron chi connectivity index (χ0n) is 7.12. The lowest BCUT2D eigenvalue weighted by atomic mass is 10.2. The number of aromatic nitrogens is 1. The van der Waals surface area contributed by atoms with Crippen molar-refractivity contribution in [2.45, 2.75) is 13.3 Å². The van der Waals surface area contributed by atoms with Crippen molar-refractivity contribution in [3.8, 4) is 0 Å². The van der Waals surface area contributed by atoms with Crippen LogP contribution in [0.1, 0.15) is 12.5 Å². The van der Waals surface area contributed by atoms with E-state index in [1.54, 1.807) is 0 Å². The molecule has 0 aliphatic heterocycles. The summed E-state index contributed by atoms with van der Waals surface area (Å²) in [5, 5.41) is 0. The van der Waals surface area contributed by atoms with Crippen LogP contribution >= 0.6 is 0 Å². The minimum absolute atomic E-state index is 0.892. The van der Waals surface area contributed by atoms with Crippen LogP contribution in [0.15, 0.2) is 30.6 Å². The summed E-state index contributed by atoms with van der Waals surface area (Å²) in [5.74, 6) is 0. The van der Waals surface area contributed by atoms with Gasteiger partial charge in [0, 0.05) is 18.0 Å². The molecule has 2 heterocycles. The SMILES string of the molecule is CCc1c(N)cn2ccccc12. The standard InChI is InChI=1S/C10H12N2/c1-2-8-9(11)7-12-6-4-3-5-10(8)12/h3-7H,2,11H2,1H3. The molecule has 0 amide bonds. The summed E-state index contributed by atoms with van der Waals surface area (Å²) in [4.78, 5) is 0. The lowest BCUT2D eigenvalue weighted by molar-refractivity contribution is 1.15. The van der Waals surface area contributed by atoms with E-state index in [0.29, 0.717) is 0 Å². The van der Waals surface area contributed by atoms with Gasteiger partial charge in [-0.2, -0.15) is 0 Å². The highest BCUT2D eigenvalue weighted by Gasteiger charge is 2.03. The van der Waals surface area contributed by atoms with E-state index in [2.05, 4.69) is 17.4 Å². The second-order valence-electron chi connectivity index (χ2n) is 2.91. The van der Waals surface area contributed by atoms with Crippen molar-refractivity contribution in [2.24, 2.45) is 0 Å². The van der Waals surface area contributed by atoms with Crippen molar-refractivity contribution in [2.75, 3.05) is 5.73 Å². The summed E-state index contributed by atoms with van der Waals surface area (Å²) >= 11 is 0. The number of nitrogens with zero attached hydrogens (tertiary/aromatic N) is 1.